The Kier molecular flexibility index (Phi) is 5.94. The van der Waals surface area contributed by atoms with Gasteiger partial charge in [-0.3, -0.25) is 4.79 Å². The van der Waals surface area contributed by atoms with Crippen molar-refractivity contribution < 1.29 is 18.7 Å². The largest absolute Gasteiger partial charge is 0.496 e. The molecular formula is C21H22N2O4. The first-order valence-electron chi connectivity index (χ1n) is 8.83. The molecule has 2 aromatic rings. The Morgan fingerprint density at radius 1 is 1.30 bits per heavy atom. The molecule has 0 radical (unpaired) electrons. The SMILES string of the molecule is COc1ccccc1C1(CNC(=O)C(C#N)=Cc2ccco2)CCOCC1. The molecule has 1 aliphatic rings. The number of rotatable bonds is 6. The third kappa shape index (κ3) is 4.21. The van der Waals surface area contributed by atoms with Crippen LogP contribution in [0.3, 0.4) is 0 Å². The van der Waals surface area contributed by atoms with Gasteiger partial charge in [0.1, 0.15) is 23.2 Å². The summed E-state index contributed by atoms with van der Waals surface area (Å²) in [5, 5.41) is 12.3. The molecule has 0 spiro atoms. The van der Waals surface area contributed by atoms with Crippen molar-refractivity contribution in [3.05, 3.63) is 59.6 Å². The number of ether oxygens (including phenoxy) is 2. The first kappa shape index (κ1) is 18.7. The van der Waals surface area contributed by atoms with E-state index in [-0.39, 0.29) is 11.0 Å². The summed E-state index contributed by atoms with van der Waals surface area (Å²) in [7, 11) is 1.64. The van der Waals surface area contributed by atoms with Gasteiger partial charge in [0.25, 0.3) is 5.91 Å². The van der Waals surface area contributed by atoms with E-state index in [4.69, 9.17) is 13.9 Å². The zero-order valence-electron chi connectivity index (χ0n) is 15.2. The van der Waals surface area contributed by atoms with E-state index in [2.05, 4.69) is 5.32 Å². The lowest BCUT2D eigenvalue weighted by molar-refractivity contribution is -0.117. The van der Waals surface area contributed by atoms with E-state index >= 15 is 0 Å². The average molecular weight is 366 g/mol. The van der Waals surface area contributed by atoms with E-state index in [1.165, 1.54) is 12.3 Å². The summed E-state index contributed by atoms with van der Waals surface area (Å²) in [4.78, 5) is 12.6. The molecule has 140 valence electrons. The highest BCUT2D eigenvalue weighted by Crippen LogP contribution is 2.39. The molecule has 2 heterocycles. The van der Waals surface area contributed by atoms with Crippen molar-refractivity contribution in [2.45, 2.75) is 18.3 Å². The maximum atomic E-state index is 12.6. The van der Waals surface area contributed by atoms with Gasteiger partial charge in [-0.25, -0.2) is 0 Å². The first-order chi connectivity index (χ1) is 13.2. The summed E-state index contributed by atoms with van der Waals surface area (Å²) in [6.07, 6.45) is 4.46. The summed E-state index contributed by atoms with van der Waals surface area (Å²) >= 11 is 0. The highest BCUT2D eigenvalue weighted by atomic mass is 16.5. The van der Waals surface area contributed by atoms with E-state index in [1.54, 1.807) is 19.2 Å². The number of para-hydroxylation sites is 1. The van der Waals surface area contributed by atoms with Crippen molar-refractivity contribution in [2.75, 3.05) is 26.9 Å². The standard InChI is InChI=1S/C21H22N2O4/c1-25-19-7-3-2-6-18(19)21(8-11-26-12-9-21)15-23-20(24)16(14-22)13-17-5-4-10-27-17/h2-7,10,13H,8-9,11-12,15H2,1H3,(H,23,24). The van der Waals surface area contributed by atoms with Gasteiger partial charge >= 0.3 is 0 Å². The zero-order valence-corrected chi connectivity index (χ0v) is 15.2. The molecule has 0 bridgehead atoms. The topological polar surface area (TPSA) is 84.5 Å². The lowest BCUT2D eigenvalue weighted by atomic mass is 9.73. The van der Waals surface area contributed by atoms with Gasteiger partial charge in [0.15, 0.2) is 0 Å². The maximum Gasteiger partial charge on any atom is 0.262 e. The number of benzene rings is 1. The summed E-state index contributed by atoms with van der Waals surface area (Å²) in [6.45, 7) is 1.62. The second-order valence-electron chi connectivity index (χ2n) is 6.46. The highest BCUT2D eigenvalue weighted by molar-refractivity contribution is 6.01. The monoisotopic (exact) mass is 366 g/mol. The van der Waals surface area contributed by atoms with Gasteiger partial charge in [0.05, 0.1) is 13.4 Å². The van der Waals surface area contributed by atoms with Crippen molar-refractivity contribution in [1.29, 1.82) is 5.26 Å². The molecule has 0 saturated carbocycles. The summed E-state index contributed by atoms with van der Waals surface area (Å²) in [6, 6.07) is 13.2. The van der Waals surface area contributed by atoms with Crippen LogP contribution < -0.4 is 10.1 Å². The molecule has 1 aliphatic heterocycles. The Morgan fingerprint density at radius 2 is 2.07 bits per heavy atom. The van der Waals surface area contributed by atoms with Crippen LogP contribution in [0.2, 0.25) is 0 Å². The van der Waals surface area contributed by atoms with Crippen molar-refractivity contribution >= 4 is 12.0 Å². The van der Waals surface area contributed by atoms with Gasteiger partial charge in [0, 0.05) is 36.8 Å². The maximum absolute atomic E-state index is 12.6. The number of nitrogens with one attached hydrogen (secondary N) is 1. The number of hydrogen-bond acceptors (Lipinski definition) is 5. The van der Waals surface area contributed by atoms with E-state index < -0.39 is 5.91 Å². The molecule has 3 rings (SSSR count). The lowest BCUT2D eigenvalue weighted by Crippen LogP contribution is -2.45. The van der Waals surface area contributed by atoms with Crippen LogP contribution in [0, 0.1) is 11.3 Å². The van der Waals surface area contributed by atoms with Gasteiger partial charge in [-0.15, -0.1) is 0 Å². The number of hydrogen-bond donors (Lipinski definition) is 1. The van der Waals surface area contributed by atoms with Gasteiger partial charge in [-0.05, 0) is 31.0 Å². The Morgan fingerprint density at radius 3 is 2.74 bits per heavy atom. The number of furan rings is 1. The molecule has 0 atom stereocenters. The third-order valence-corrected chi connectivity index (χ3v) is 4.91. The average Bonchev–Trinajstić information content (AvgIpc) is 3.24. The second-order valence-corrected chi connectivity index (χ2v) is 6.46. The molecule has 1 fully saturated rings. The molecule has 1 aromatic carbocycles. The van der Waals surface area contributed by atoms with Crippen molar-refractivity contribution in [2.24, 2.45) is 0 Å². The van der Waals surface area contributed by atoms with E-state index in [0.717, 1.165) is 24.2 Å². The van der Waals surface area contributed by atoms with Gasteiger partial charge in [-0.2, -0.15) is 5.26 Å². The fourth-order valence-electron chi connectivity index (χ4n) is 3.40. The van der Waals surface area contributed by atoms with Gasteiger partial charge in [0.2, 0.25) is 0 Å². The Balaban J connectivity index is 1.81. The smallest absolute Gasteiger partial charge is 0.262 e. The van der Waals surface area contributed by atoms with Crippen molar-refractivity contribution in [1.82, 2.24) is 5.32 Å². The number of nitrogens with zero attached hydrogens (tertiary/aromatic N) is 1. The number of carbonyl (C=O) groups excluding carboxylic acids is 1. The minimum absolute atomic E-state index is 0.00665. The molecule has 0 aliphatic carbocycles. The van der Waals surface area contributed by atoms with Crippen LogP contribution in [-0.4, -0.2) is 32.8 Å². The number of carbonyl (C=O) groups is 1. The van der Waals surface area contributed by atoms with Crippen LogP contribution in [-0.2, 0) is 14.9 Å². The Bertz CT molecular complexity index is 843. The summed E-state index contributed by atoms with van der Waals surface area (Å²) < 4.78 is 16.3. The predicted molar refractivity (Wildman–Crippen MR) is 100 cm³/mol. The third-order valence-electron chi connectivity index (χ3n) is 4.91. The van der Waals surface area contributed by atoms with Crippen molar-refractivity contribution in [3.63, 3.8) is 0 Å². The fourth-order valence-corrected chi connectivity index (χ4v) is 3.40. The van der Waals surface area contributed by atoms with E-state index in [0.29, 0.717) is 25.5 Å². The molecule has 1 saturated heterocycles. The Labute approximate surface area is 158 Å². The fraction of sp³-hybridized carbons (Fsp3) is 0.333. The summed E-state index contributed by atoms with van der Waals surface area (Å²) in [5.74, 6) is 0.835. The quantitative estimate of drug-likeness (QED) is 0.627. The highest BCUT2D eigenvalue weighted by Gasteiger charge is 2.37. The Hall–Kier alpha value is -3.04. The predicted octanol–water partition coefficient (Wildman–Crippen LogP) is 3.06. The van der Waals surface area contributed by atoms with Crippen LogP contribution >= 0.6 is 0 Å². The zero-order chi connectivity index (χ0) is 19.1. The molecule has 1 N–H and O–H groups in total. The van der Waals surface area contributed by atoms with Gasteiger partial charge < -0.3 is 19.2 Å². The van der Waals surface area contributed by atoms with Crippen LogP contribution in [0.5, 0.6) is 5.75 Å². The summed E-state index contributed by atoms with van der Waals surface area (Å²) in [5.41, 5.74) is 0.753. The normalized spacial score (nSPS) is 16.4. The molecule has 6 heteroatoms. The van der Waals surface area contributed by atoms with Crippen LogP contribution in [0.1, 0.15) is 24.2 Å². The lowest BCUT2D eigenvalue weighted by Gasteiger charge is -2.38. The molecule has 6 nitrogen and oxygen atoms in total. The molecule has 0 unspecified atom stereocenters. The number of methoxy groups -OCH3 is 1. The van der Waals surface area contributed by atoms with Crippen LogP contribution in [0.25, 0.3) is 6.08 Å². The number of amides is 1. The molecule has 1 aromatic heterocycles. The molecule has 27 heavy (non-hydrogen) atoms. The number of nitriles is 1. The molecular weight excluding hydrogens is 344 g/mol. The second kappa shape index (κ2) is 8.56. The van der Waals surface area contributed by atoms with Crippen LogP contribution in [0.4, 0.5) is 0 Å². The van der Waals surface area contributed by atoms with Crippen LogP contribution in [0.15, 0.2) is 52.7 Å². The minimum atomic E-state index is -0.422. The van der Waals surface area contributed by atoms with E-state index in [9.17, 15) is 10.1 Å². The molecule has 1 amide bonds. The minimum Gasteiger partial charge on any atom is -0.496 e. The van der Waals surface area contributed by atoms with Gasteiger partial charge in [-0.1, -0.05) is 18.2 Å². The van der Waals surface area contributed by atoms with E-state index in [1.807, 2.05) is 30.3 Å². The first-order valence-corrected chi connectivity index (χ1v) is 8.83. The van der Waals surface area contributed by atoms with Crippen molar-refractivity contribution in [3.8, 4) is 11.8 Å².